The maximum atomic E-state index is 13.2. The van der Waals surface area contributed by atoms with Crippen molar-refractivity contribution in [2.45, 2.75) is 38.1 Å². The van der Waals surface area contributed by atoms with Gasteiger partial charge in [0.05, 0.1) is 35.1 Å². The topological polar surface area (TPSA) is 101 Å². The minimum absolute atomic E-state index is 0.116. The van der Waals surface area contributed by atoms with E-state index in [-0.39, 0.29) is 18.4 Å². The third-order valence-corrected chi connectivity index (χ3v) is 6.36. The highest BCUT2D eigenvalue weighted by Gasteiger charge is 2.23. The molecule has 0 unspecified atom stereocenters. The first-order valence-electron chi connectivity index (χ1n) is 12.2. The molecule has 0 saturated heterocycles. The van der Waals surface area contributed by atoms with Crippen LogP contribution in [0.5, 0.6) is 5.75 Å². The second-order valence-corrected chi connectivity index (χ2v) is 8.89. The molecule has 7 heteroatoms. The number of unbranched alkanes of at least 4 members (excludes halogenated alkanes) is 1. The van der Waals surface area contributed by atoms with Gasteiger partial charge in [0.15, 0.2) is 0 Å². The zero-order chi connectivity index (χ0) is 24.9. The number of nitrogens with one attached hydrogen (secondary N) is 1. The van der Waals surface area contributed by atoms with Crippen LogP contribution >= 0.6 is 0 Å². The van der Waals surface area contributed by atoms with Crippen molar-refractivity contribution in [3.63, 3.8) is 0 Å². The zero-order valence-electron chi connectivity index (χ0n) is 19.8. The molecule has 7 nitrogen and oxygen atoms in total. The number of carboxylic acids is 1. The normalized spacial score (nSPS) is 14.6. The maximum Gasteiger partial charge on any atom is 0.303 e. The fourth-order valence-electron chi connectivity index (χ4n) is 4.54. The summed E-state index contributed by atoms with van der Waals surface area (Å²) in [5.41, 5.74) is 5.39. The van der Waals surface area contributed by atoms with Gasteiger partial charge in [-0.05, 0) is 43.5 Å². The Morgan fingerprint density at radius 2 is 1.75 bits per heavy atom. The third-order valence-electron chi connectivity index (χ3n) is 6.36. The number of hydrogen-bond donors (Lipinski definition) is 2. The van der Waals surface area contributed by atoms with Crippen LogP contribution in [0.1, 0.15) is 53.3 Å². The molecule has 1 aliphatic rings. The quantitative estimate of drug-likeness (QED) is 0.329. The Balaban J connectivity index is 1.42. The number of benzene rings is 3. The molecule has 1 aromatic heterocycles. The van der Waals surface area contributed by atoms with Crippen LogP contribution in [0.15, 0.2) is 72.8 Å². The minimum atomic E-state index is -0.800. The van der Waals surface area contributed by atoms with Gasteiger partial charge in [-0.2, -0.15) is 0 Å². The van der Waals surface area contributed by atoms with Gasteiger partial charge in [-0.15, -0.1) is 0 Å². The third kappa shape index (κ3) is 5.20. The van der Waals surface area contributed by atoms with Crippen LogP contribution < -0.4 is 10.1 Å². The van der Waals surface area contributed by atoms with Crippen LogP contribution in [0, 0.1) is 0 Å². The van der Waals surface area contributed by atoms with Crippen molar-refractivity contribution in [2.24, 2.45) is 0 Å². The summed E-state index contributed by atoms with van der Waals surface area (Å²) >= 11 is 0. The number of ether oxygens (including phenoxy) is 1. The van der Waals surface area contributed by atoms with Gasteiger partial charge in [0.25, 0.3) is 5.91 Å². The first-order valence-corrected chi connectivity index (χ1v) is 12.2. The molecule has 4 aromatic rings. The number of carboxylic acid groups (broad SMARTS) is 1. The van der Waals surface area contributed by atoms with E-state index >= 15 is 0 Å². The Morgan fingerprint density at radius 3 is 2.58 bits per heavy atom. The number of aromatic nitrogens is 2. The molecule has 1 aliphatic heterocycles. The Kier molecular flexibility index (Phi) is 6.89. The summed E-state index contributed by atoms with van der Waals surface area (Å²) in [6, 6.07) is 22.9. The maximum absolute atomic E-state index is 13.2. The molecule has 2 N–H and O–H groups in total. The average Bonchev–Trinajstić information content (AvgIpc) is 2.91. The lowest BCUT2D eigenvalue weighted by Gasteiger charge is -2.26. The molecule has 0 aliphatic carbocycles. The van der Waals surface area contributed by atoms with Crippen LogP contribution in [0.2, 0.25) is 0 Å². The standard InChI is InChI=1S/C29H27N3O4/c33-27(34)13-7-5-11-24-28(19-8-2-1-3-9-19)31-23-15-14-20(18-25(23)30-24)29(35)32-22-16-17-36-26-12-6-4-10-21(22)26/h1-4,6,8-10,12,14-15,18,22H,5,7,11,13,16-17H2,(H,32,35)(H,33,34)/t22-/m1/s1. The number of nitrogens with zero attached hydrogens (tertiary/aromatic N) is 2. The number of para-hydroxylation sites is 1. The van der Waals surface area contributed by atoms with Crippen molar-refractivity contribution in [3.8, 4) is 17.0 Å². The van der Waals surface area contributed by atoms with Gasteiger partial charge in [0, 0.05) is 29.5 Å². The van der Waals surface area contributed by atoms with Crippen LogP contribution in [0.3, 0.4) is 0 Å². The number of carbonyl (C=O) groups is 2. The van der Waals surface area contributed by atoms with E-state index in [0.29, 0.717) is 48.9 Å². The fourth-order valence-corrected chi connectivity index (χ4v) is 4.54. The van der Waals surface area contributed by atoms with E-state index in [9.17, 15) is 9.59 Å². The Labute approximate surface area is 209 Å². The van der Waals surface area contributed by atoms with E-state index in [1.54, 1.807) is 12.1 Å². The van der Waals surface area contributed by atoms with Gasteiger partial charge < -0.3 is 15.2 Å². The summed E-state index contributed by atoms with van der Waals surface area (Å²) in [6.45, 7) is 0.554. The van der Waals surface area contributed by atoms with Crippen LogP contribution in [-0.2, 0) is 11.2 Å². The van der Waals surface area contributed by atoms with E-state index in [1.165, 1.54) is 0 Å². The molecule has 182 valence electrons. The summed E-state index contributed by atoms with van der Waals surface area (Å²) in [4.78, 5) is 33.8. The summed E-state index contributed by atoms with van der Waals surface area (Å²) < 4.78 is 5.71. The largest absolute Gasteiger partial charge is 0.493 e. The second kappa shape index (κ2) is 10.6. The van der Waals surface area contributed by atoms with Crippen molar-refractivity contribution >= 4 is 22.9 Å². The lowest BCUT2D eigenvalue weighted by Crippen LogP contribution is -2.32. The number of rotatable bonds is 8. The van der Waals surface area contributed by atoms with Crippen LogP contribution in [0.25, 0.3) is 22.3 Å². The van der Waals surface area contributed by atoms with Gasteiger partial charge in [-0.3, -0.25) is 9.59 Å². The van der Waals surface area contributed by atoms with Crippen molar-refractivity contribution < 1.29 is 19.4 Å². The van der Waals surface area contributed by atoms with Crippen LogP contribution in [-0.4, -0.2) is 33.6 Å². The predicted molar refractivity (Wildman–Crippen MR) is 137 cm³/mol. The van der Waals surface area contributed by atoms with Crippen molar-refractivity contribution in [2.75, 3.05) is 6.61 Å². The van der Waals surface area contributed by atoms with Crippen molar-refractivity contribution in [1.82, 2.24) is 15.3 Å². The molecule has 3 aromatic carbocycles. The summed E-state index contributed by atoms with van der Waals surface area (Å²) in [6.07, 6.45) is 2.70. The highest BCUT2D eigenvalue weighted by molar-refractivity contribution is 5.97. The fraction of sp³-hybridized carbons (Fsp3) is 0.241. The summed E-state index contributed by atoms with van der Waals surface area (Å²) in [5, 5.41) is 12.1. The minimum Gasteiger partial charge on any atom is -0.493 e. The molecular weight excluding hydrogens is 454 g/mol. The zero-order valence-corrected chi connectivity index (χ0v) is 19.8. The van der Waals surface area contributed by atoms with Crippen molar-refractivity contribution in [3.05, 3.63) is 89.6 Å². The molecular formula is C29H27N3O4. The molecule has 1 atom stereocenters. The van der Waals surface area contributed by atoms with Crippen molar-refractivity contribution in [1.29, 1.82) is 0 Å². The lowest BCUT2D eigenvalue weighted by atomic mass is 10.00. The number of fused-ring (bicyclic) bond motifs is 2. The molecule has 0 bridgehead atoms. The van der Waals surface area contributed by atoms with E-state index in [1.807, 2.05) is 60.7 Å². The molecule has 1 amide bonds. The smallest absolute Gasteiger partial charge is 0.303 e. The van der Waals surface area contributed by atoms with Crippen LogP contribution in [0.4, 0.5) is 0 Å². The van der Waals surface area contributed by atoms with Gasteiger partial charge in [-0.1, -0.05) is 48.5 Å². The van der Waals surface area contributed by atoms with Gasteiger partial charge >= 0.3 is 5.97 Å². The lowest BCUT2D eigenvalue weighted by molar-refractivity contribution is -0.137. The second-order valence-electron chi connectivity index (χ2n) is 8.89. The molecule has 36 heavy (non-hydrogen) atoms. The van der Waals surface area contributed by atoms with E-state index in [2.05, 4.69) is 5.32 Å². The Hall–Kier alpha value is -4.26. The van der Waals surface area contributed by atoms with E-state index in [4.69, 9.17) is 19.8 Å². The first-order chi connectivity index (χ1) is 17.6. The molecule has 0 spiro atoms. The summed E-state index contributed by atoms with van der Waals surface area (Å²) in [5.74, 6) is -0.166. The highest BCUT2D eigenvalue weighted by Crippen LogP contribution is 2.32. The molecule has 5 rings (SSSR count). The Morgan fingerprint density at radius 1 is 0.944 bits per heavy atom. The Bertz CT molecular complexity index is 1400. The first kappa shape index (κ1) is 23.5. The molecule has 0 fully saturated rings. The monoisotopic (exact) mass is 481 g/mol. The number of hydrogen-bond acceptors (Lipinski definition) is 5. The highest BCUT2D eigenvalue weighted by atomic mass is 16.5. The average molecular weight is 482 g/mol. The van der Waals surface area contributed by atoms with E-state index < -0.39 is 5.97 Å². The number of aryl methyl sites for hydroxylation is 1. The van der Waals surface area contributed by atoms with Gasteiger partial charge in [0.1, 0.15) is 5.75 Å². The number of aliphatic carboxylic acids is 1. The number of carbonyl (C=O) groups excluding carboxylic acids is 1. The number of amides is 1. The molecule has 2 heterocycles. The molecule has 0 saturated carbocycles. The van der Waals surface area contributed by atoms with Gasteiger partial charge in [0.2, 0.25) is 0 Å². The predicted octanol–water partition coefficient (Wildman–Crippen LogP) is 5.35. The van der Waals surface area contributed by atoms with E-state index in [0.717, 1.165) is 28.3 Å². The molecule has 0 radical (unpaired) electrons. The SMILES string of the molecule is O=C(O)CCCCc1nc2cc(C(=O)N[C@@H]3CCOc4ccccc43)ccc2nc1-c1ccccc1. The van der Waals surface area contributed by atoms with Gasteiger partial charge in [-0.25, -0.2) is 9.97 Å². The summed E-state index contributed by atoms with van der Waals surface area (Å²) in [7, 11) is 0.